The Morgan fingerprint density at radius 3 is 2.85 bits per heavy atom. The number of hydrogen-bond donors (Lipinski definition) is 1. The van der Waals surface area contributed by atoms with E-state index in [4.69, 9.17) is 5.26 Å². The standard InChI is InChI=1S/C16H20N4/c1-16(2,3)19-10-13-6-8-20(11-13)12-14-5-4-7-18-15(14)9-17/h4-8,11,19H,10,12H2,1-3H3. The molecule has 0 atom stereocenters. The SMILES string of the molecule is CC(C)(C)NCc1ccn(Cc2cccnc2C#N)c1. The molecule has 4 nitrogen and oxygen atoms in total. The molecule has 0 saturated heterocycles. The van der Waals surface area contributed by atoms with Crippen molar-refractivity contribution in [2.24, 2.45) is 0 Å². The second kappa shape index (κ2) is 5.89. The normalized spacial score (nSPS) is 11.3. The summed E-state index contributed by atoms with van der Waals surface area (Å²) < 4.78 is 2.08. The zero-order chi connectivity index (χ0) is 14.6. The topological polar surface area (TPSA) is 53.6 Å². The van der Waals surface area contributed by atoms with Gasteiger partial charge in [0.05, 0.1) is 0 Å². The average molecular weight is 268 g/mol. The van der Waals surface area contributed by atoms with Crippen LogP contribution < -0.4 is 5.32 Å². The highest BCUT2D eigenvalue weighted by Crippen LogP contribution is 2.10. The van der Waals surface area contributed by atoms with Crippen LogP contribution in [0.4, 0.5) is 0 Å². The summed E-state index contributed by atoms with van der Waals surface area (Å²) in [5, 5.41) is 12.5. The molecule has 0 unspecified atom stereocenters. The van der Waals surface area contributed by atoms with E-state index in [1.165, 1.54) is 5.56 Å². The van der Waals surface area contributed by atoms with E-state index < -0.39 is 0 Å². The maximum atomic E-state index is 9.04. The molecule has 0 bridgehead atoms. The molecule has 0 aliphatic rings. The number of rotatable bonds is 4. The molecule has 0 aliphatic heterocycles. The van der Waals surface area contributed by atoms with Gasteiger partial charge in [0.25, 0.3) is 0 Å². The highest BCUT2D eigenvalue weighted by atomic mass is 15.0. The van der Waals surface area contributed by atoms with Crippen LogP contribution in [0.2, 0.25) is 0 Å². The summed E-state index contributed by atoms with van der Waals surface area (Å²) in [5.74, 6) is 0. The van der Waals surface area contributed by atoms with Crippen molar-refractivity contribution in [2.45, 2.75) is 39.4 Å². The van der Waals surface area contributed by atoms with Gasteiger partial charge < -0.3 is 9.88 Å². The molecule has 1 N–H and O–H groups in total. The van der Waals surface area contributed by atoms with Crippen LogP contribution in [-0.2, 0) is 13.1 Å². The van der Waals surface area contributed by atoms with E-state index in [0.29, 0.717) is 12.2 Å². The largest absolute Gasteiger partial charge is 0.349 e. The van der Waals surface area contributed by atoms with E-state index >= 15 is 0 Å². The molecular weight excluding hydrogens is 248 g/mol. The van der Waals surface area contributed by atoms with E-state index in [-0.39, 0.29) is 5.54 Å². The Morgan fingerprint density at radius 1 is 1.35 bits per heavy atom. The van der Waals surface area contributed by atoms with Crippen molar-refractivity contribution in [3.63, 3.8) is 0 Å². The Bertz CT molecular complexity index is 614. The first-order valence-corrected chi connectivity index (χ1v) is 6.71. The van der Waals surface area contributed by atoms with Crippen LogP contribution in [-0.4, -0.2) is 15.1 Å². The third-order valence-corrected chi connectivity index (χ3v) is 2.98. The predicted octanol–water partition coefficient (Wildman–Crippen LogP) is 2.69. The summed E-state index contributed by atoms with van der Waals surface area (Å²) in [7, 11) is 0. The smallest absolute Gasteiger partial charge is 0.145 e. The van der Waals surface area contributed by atoms with Gasteiger partial charge in [-0.15, -0.1) is 0 Å². The lowest BCUT2D eigenvalue weighted by molar-refractivity contribution is 0.424. The van der Waals surface area contributed by atoms with Crippen molar-refractivity contribution in [3.8, 4) is 6.07 Å². The molecule has 0 aromatic carbocycles. The third-order valence-electron chi connectivity index (χ3n) is 2.98. The van der Waals surface area contributed by atoms with Crippen molar-refractivity contribution >= 4 is 0 Å². The molecular formula is C16H20N4. The van der Waals surface area contributed by atoms with Gasteiger partial charge in [0, 0.05) is 42.8 Å². The van der Waals surface area contributed by atoms with E-state index in [9.17, 15) is 0 Å². The fourth-order valence-electron chi connectivity index (χ4n) is 1.92. The first kappa shape index (κ1) is 14.3. The number of nitrogens with zero attached hydrogens (tertiary/aromatic N) is 3. The van der Waals surface area contributed by atoms with E-state index in [2.05, 4.69) is 54.0 Å². The lowest BCUT2D eigenvalue weighted by Crippen LogP contribution is -2.34. The van der Waals surface area contributed by atoms with Gasteiger partial charge in [-0.3, -0.25) is 0 Å². The second-order valence-corrected chi connectivity index (χ2v) is 5.92. The molecule has 0 fully saturated rings. The van der Waals surface area contributed by atoms with Gasteiger partial charge in [-0.25, -0.2) is 4.98 Å². The second-order valence-electron chi connectivity index (χ2n) is 5.92. The van der Waals surface area contributed by atoms with Gasteiger partial charge in [-0.05, 0) is 38.5 Å². The molecule has 2 aromatic heterocycles. The van der Waals surface area contributed by atoms with Crippen molar-refractivity contribution in [2.75, 3.05) is 0 Å². The fraction of sp³-hybridized carbons (Fsp3) is 0.375. The maximum Gasteiger partial charge on any atom is 0.145 e. The quantitative estimate of drug-likeness (QED) is 0.927. The van der Waals surface area contributed by atoms with Crippen molar-refractivity contribution in [1.29, 1.82) is 5.26 Å². The fourth-order valence-corrected chi connectivity index (χ4v) is 1.92. The summed E-state index contributed by atoms with van der Waals surface area (Å²) >= 11 is 0. The van der Waals surface area contributed by atoms with Gasteiger partial charge in [-0.2, -0.15) is 5.26 Å². The molecule has 20 heavy (non-hydrogen) atoms. The number of hydrogen-bond acceptors (Lipinski definition) is 3. The number of aromatic nitrogens is 2. The molecule has 0 radical (unpaired) electrons. The number of nitriles is 1. The molecule has 0 saturated carbocycles. The van der Waals surface area contributed by atoms with Crippen LogP contribution >= 0.6 is 0 Å². The van der Waals surface area contributed by atoms with E-state index in [1.54, 1.807) is 6.20 Å². The minimum Gasteiger partial charge on any atom is -0.349 e. The lowest BCUT2D eigenvalue weighted by atomic mass is 10.1. The Labute approximate surface area is 120 Å². The minimum absolute atomic E-state index is 0.111. The Balaban J connectivity index is 2.05. The average Bonchev–Trinajstić information content (AvgIpc) is 2.84. The van der Waals surface area contributed by atoms with Crippen LogP contribution in [0.3, 0.4) is 0 Å². The van der Waals surface area contributed by atoms with Gasteiger partial charge >= 0.3 is 0 Å². The van der Waals surface area contributed by atoms with Gasteiger partial charge in [0.1, 0.15) is 11.8 Å². The van der Waals surface area contributed by atoms with Crippen LogP contribution in [0.1, 0.15) is 37.6 Å². The highest BCUT2D eigenvalue weighted by Gasteiger charge is 2.09. The molecule has 4 heteroatoms. The maximum absolute atomic E-state index is 9.04. The van der Waals surface area contributed by atoms with Crippen LogP contribution in [0.25, 0.3) is 0 Å². The van der Waals surface area contributed by atoms with Crippen LogP contribution in [0.15, 0.2) is 36.8 Å². The van der Waals surface area contributed by atoms with E-state index in [0.717, 1.165) is 12.1 Å². The lowest BCUT2D eigenvalue weighted by Gasteiger charge is -2.19. The van der Waals surface area contributed by atoms with Gasteiger partial charge in [-0.1, -0.05) is 6.07 Å². The van der Waals surface area contributed by atoms with Crippen molar-refractivity contribution < 1.29 is 0 Å². The van der Waals surface area contributed by atoms with Crippen molar-refractivity contribution in [1.82, 2.24) is 14.9 Å². The predicted molar refractivity (Wildman–Crippen MR) is 79.1 cm³/mol. The molecule has 0 spiro atoms. The molecule has 0 amide bonds. The minimum atomic E-state index is 0.111. The zero-order valence-electron chi connectivity index (χ0n) is 12.2. The summed E-state index contributed by atoms with van der Waals surface area (Å²) in [4.78, 5) is 4.08. The van der Waals surface area contributed by atoms with Crippen LogP contribution in [0.5, 0.6) is 0 Å². The zero-order valence-corrected chi connectivity index (χ0v) is 12.2. The molecule has 0 aliphatic carbocycles. The first-order chi connectivity index (χ1) is 9.48. The van der Waals surface area contributed by atoms with Gasteiger partial charge in [0.15, 0.2) is 0 Å². The van der Waals surface area contributed by atoms with Gasteiger partial charge in [0.2, 0.25) is 0 Å². The molecule has 2 heterocycles. The molecule has 2 aromatic rings. The Morgan fingerprint density at radius 2 is 2.15 bits per heavy atom. The monoisotopic (exact) mass is 268 g/mol. The summed E-state index contributed by atoms with van der Waals surface area (Å²) in [5.41, 5.74) is 2.79. The first-order valence-electron chi connectivity index (χ1n) is 6.71. The molecule has 2 rings (SSSR count). The number of nitrogens with one attached hydrogen (secondary N) is 1. The summed E-state index contributed by atoms with van der Waals surface area (Å²) in [6.45, 7) is 7.97. The molecule has 104 valence electrons. The summed E-state index contributed by atoms with van der Waals surface area (Å²) in [6.07, 6.45) is 5.79. The highest BCUT2D eigenvalue weighted by molar-refractivity contribution is 5.31. The van der Waals surface area contributed by atoms with E-state index in [1.807, 2.05) is 18.3 Å². The Hall–Kier alpha value is -2.12. The third kappa shape index (κ3) is 3.94. The van der Waals surface area contributed by atoms with Crippen molar-refractivity contribution in [3.05, 3.63) is 53.6 Å². The summed E-state index contributed by atoms with van der Waals surface area (Å²) in [6, 6.07) is 8.04. The Kier molecular flexibility index (Phi) is 4.21. The number of pyridine rings is 1. The van der Waals surface area contributed by atoms with Crippen LogP contribution in [0, 0.1) is 11.3 Å².